The average molecular weight is 383 g/mol. The number of carbonyl (C=O) groups excluding carboxylic acids is 2. The summed E-state index contributed by atoms with van der Waals surface area (Å²) in [6.45, 7) is 1.74. The highest BCUT2D eigenvalue weighted by Crippen LogP contribution is 2.31. The summed E-state index contributed by atoms with van der Waals surface area (Å²) in [5, 5.41) is 9.25. The first-order chi connectivity index (χ1) is 12.8. The molecule has 27 heavy (non-hydrogen) atoms. The Hall–Kier alpha value is -2.51. The number of rotatable bonds is 8. The third-order valence-electron chi connectivity index (χ3n) is 4.96. The van der Waals surface area contributed by atoms with Gasteiger partial charge in [-0.1, -0.05) is 6.92 Å². The SMILES string of the molecule is CCC(C(=O)N1CCC[C@H]1C(=O)O)C(C(=O)c1ccc(OC)cc1)C(F)F. The topological polar surface area (TPSA) is 83.9 Å². The number of ether oxygens (including phenoxy) is 1. The van der Waals surface area contributed by atoms with Crippen LogP contribution < -0.4 is 4.74 Å². The number of aliphatic carboxylic acids is 1. The molecular formula is C19H23F2NO5. The van der Waals surface area contributed by atoms with Crippen LogP contribution in [0.4, 0.5) is 8.78 Å². The fraction of sp³-hybridized carbons (Fsp3) is 0.526. The van der Waals surface area contributed by atoms with Gasteiger partial charge in [-0.25, -0.2) is 13.6 Å². The maximum Gasteiger partial charge on any atom is 0.326 e. The van der Waals surface area contributed by atoms with E-state index in [2.05, 4.69) is 0 Å². The Bertz CT molecular complexity index is 692. The molecule has 0 aliphatic carbocycles. The van der Waals surface area contributed by atoms with Crippen LogP contribution in [0.5, 0.6) is 5.75 Å². The summed E-state index contributed by atoms with van der Waals surface area (Å²) in [7, 11) is 1.44. The highest BCUT2D eigenvalue weighted by molar-refractivity contribution is 6.01. The van der Waals surface area contributed by atoms with Crippen molar-refractivity contribution >= 4 is 17.7 Å². The zero-order valence-corrected chi connectivity index (χ0v) is 15.2. The number of ketones is 1. The second kappa shape index (κ2) is 8.92. The molecule has 148 valence electrons. The number of likely N-dealkylation sites (tertiary alicyclic amines) is 1. The molecule has 3 atom stereocenters. The summed E-state index contributed by atoms with van der Waals surface area (Å²) in [5.41, 5.74) is 0.0588. The number of hydrogen-bond donors (Lipinski definition) is 1. The molecule has 1 aromatic carbocycles. The molecule has 1 aromatic rings. The average Bonchev–Trinajstić information content (AvgIpc) is 3.15. The minimum absolute atomic E-state index is 0.0125. The summed E-state index contributed by atoms with van der Waals surface area (Å²) < 4.78 is 32.6. The molecule has 1 saturated heterocycles. The highest BCUT2D eigenvalue weighted by Gasteiger charge is 2.44. The predicted molar refractivity (Wildman–Crippen MR) is 93.0 cm³/mol. The smallest absolute Gasteiger partial charge is 0.326 e. The maximum atomic E-state index is 13.8. The lowest BCUT2D eigenvalue weighted by atomic mass is 9.83. The van der Waals surface area contributed by atoms with Gasteiger partial charge in [0.25, 0.3) is 0 Å². The van der Waals surface area contributed by atoms with E-state index in [1.165, 1.54) is 31.4 Å². The molecule has 1 heterocycles. The molecule has 2 rings (SSSR count). The normalized spacial score (nSPS) is 19.0. The van der Waals surface area contributed by atoms with Crippen molar-refractivity contribution in [3.05, 3.63) is 29.8 Å². The maximum absolute atomic E-state index is 13.8. The van der Waals surface area contributed by atoms with Crippen LogP contribution in [-0.4, -0.2) is 53.8 Å². The van der Waals surface area contributed by atoms with Crippen LogP contribution in [0.25, 0.3) is 0 Å². The number of Topliss-reactive ketones (excluding diaryl/α,β-unsaturated/α-hetero) is 1. The van der Waals surface area contributed by atoms with Crippen molar-refractivity contribution < 1.29 is 33.0 Å². The molecule has 1 amide bonds. The Morgan fingerprint density at radius 3 is 2.37 bits per heavy atom. The summed E-state index contributed by atoms with van der Waals surface area (Å²) in [5.74, 6) is -5.32. The molecule has 8 heteroatoms. The fourth-order valence-electron chi connectivity index (χ4n) is 3.50. The highest BCUT2D eigenvalue weighted by atomic mass is 19.3. The number of amides is 1. The zero-order chi connectivity index (χ0) is 20.1. The minimum atomic E-state index is -3.04. The molecule has 1 aliphatic heterocycles. The first-order valence-corrected chi connectivity index (χ1v) is 8.81. The van der Waals surface area contributed by atoms with Crippen LogP contribution in [0.1, 0.15) is 36.5 Å². The molecule has 0 spiro atoms. The number of halogens is 2. The quantitative estimate of drug-likeness (QED) is 0.698. The number of benzene rings is 1. The molecule has 1 aliphatic rings. The number of hydrogen-bond acceptors (Lipinski definition) is 4. The lowest BCUT2D eigenvalue weighted by Gasteiger charge is -2.30. The molecule has 0 saturated carbocycles. The van der Waals surface area contributed by atoms with E-state index in [9.17, 15) is 28.3 Å². The predicted octanol–water partition coefficient (Wildman–Crippen LogP) is 2.86. The van der Waals surface area contributed by atoms with E-state index >= 15 is 0 Å². The van der Waals surface area contributed by atoms with E-state index in [1.54, 1.807) is 6.92 Å². The molecule has 1 N–H and O–H groups in total. The second-order valence-corrected chi connectivity index (χ2v) is 6.50. The van der Waals surface area contributed by atoms with Crippen LogP contribution in [0.3, 0.4) is 0 Å². The Labute approximate surface area is 156 Å². The monoisotopic (exact) mass is 383 g/mol. The summed E-state index contributed by atoms with van der Waals surface area (Å²) in [6.07, 6.45) is -2.26. The van der Waals surface area contributed by atoms with Gasteiger partial charge < -0.3 is 14.7 Å². The number of carboxylic acids is 1. The van der Waals surface area contributed by atoms with E-state index in [4.69, 9.17) is 4.74 Å². The van der Waals surface area contributed by atoms with Crippen LogP contribution in [0.2, 0.25) is 0 Å². The van der Waals surface area contributed by atoms with Gasteiger partial charge in [-0.3, -0.25) is 9.59 Å². The van der Waals surface area contributed by atoms with Gasteiger partial charge in [0, 0.05) is 12.1 Å². The zero-order valence-electron chi connectivity index (χ0n) is 15.2. The van der Waals surface area contributed by atoms with E-state index in [-0.39, 0.29) is 24.9 Å². The molecule has 0 bridgehead atoms. The minimum Gasteiger partial charge on any atom is -0.497 e. The standard InChI is InChI=1S/C19H23F2NO5/c1-3-13(18(24)22-10-4-5-14(22)19(25)26)15(17(20)21)16(23)11-6-8-12(27-2)9-7-11/h6-9,13-15,17H,3-5,10H2,1-2H3,(H,25,26)/t13?,14-,15?/m0/s1. The largest absolute Gasteiger partial charge is 0.497 e. The van der Waals surface area contributed by atoms with Gasteiger partial charge in [0.15, 0.2) is 5.78 Å². The number of carboxylic acid groups (broad SMARTS) is 1. The van der Waals surface area contributed by atoms with Crippen molar-refractivity contribution in [1.82, 2.24) is 4.90 Å². The summed E-state index contributed by atoms with van der Waals surface area (Å²) >= 11 is 0. The first kappa shape index (κ1) is 20.8. The van der Waals surface area contributed by atoms with Crippen molar-refractivity contribution in [2.75, 3.05) is 13.7 Å². The number of alkyl halides is 2. The Kier molecular flexibility index (Phi) is 6.87. The summed E-state index contributed by atoms with van der Waals surface area (Å²) in [6, 6.07) is 4.70. The molecule has 0 aromatic heterocycles. The first-order valence-electron chi connectivity index (χ1n) is 8.81. The van der Waals surface area contributed by atoms with Gasteiger partial charge in [-0.15, -0.1) is 0 Å². The van der Waals surface area contributed by atoms with Crippen molar-refractivity contribution in [2.24, 2.45) is 11.8 Å². The van der Waals surface area contributed by atoms with Crippen LogP contribution in [0, 0.1) is 11.8 Å². The number of carbonyl (C=O) groups is 3. The number of nitrogens with zero attached hydrogens (tertiary/aromatic N) is 1. The Morgan fingerprint density at radius 1 is 1.26 bits per heavy atom. The van der Waals surface area contributed by atoms with Gasteiger partial charge in [-0.05, 0) is 43.5 Å². The second-order valence-electron chi connectivity index (χ2n) is 6.50. The van der Waals surface area contributed by atoms with Crippen LogP contribution in [0.15, 0.2) is 24.3 Å². The van der Waals surface area contributed by atoms with Crippen LogP contribution in [-0.2, 0) is 9.59 Å². The van der Waals surface area contributed by atoms with Gasteiger partial charge in [0.2, 0.25) is 12.3 Å². The molecule has 2 unspecified atom stereocenters. The van der Waals surface area contributed by atoms with Crippen molar-refractivity contribution in [2.45, 2.75) is 38.7 Å². The summed E-state index contributed by atoms with van der Waals surface area (Å²) in [4.78, 5) is 38.0. The van der Waals surface area contributed by atoms with Crippen molar-refractivity contribution in [3.63, 3.8) is 0 Å². The molecular weight excluding hydrogens is 360 g/mol. The van der Waals surface area contributed by atoms with E-state index in [1.807, 2.05) is 0 Å². The van der Waals surface area contributed by atoms with Crippen molar-refractivity contribution in [3.8, 4) is 5.75 Å². The van der Waals surface area contributed by atoms with Gasteiger partial charge in [-0.2, -0.15) is 0 Å². The van der Waals surface area contributed by atoms with E-state index < -0.39 is 42.0 Å². The fourth-order valence-corrected chi connectivity index (χ4v) is 3.50. The number of methoxy groups -OCH3 is 1. The Balaban J connectivity index is 2.29. The van der Waals surface area contributed by atoms with Gasteiger partial charge in [0.05, 0.1) is 18.9 Å². The van der Waals surface area contributed by atoms with Crippen molar-refractivity contribution in [1.29, 1.82) is 0 Å². The molecule has 6 nitrogen and oxygen atoms in total. The third kappa shape index (κ3) is 4.43. The lowest BCUT2D eigenvalue weighted by molar-refractivity contribution is -0.151. The third-order valence-corrected chi connectivity index (χ3v) is 4.96. The van der Waals surface area contributed by atoms with E-state index in [0.29, 0.717) is 12.2 Å². The molecule has 0 radical (unpaired) electrons. The Morgan fingerprint density at radius 2 is 1.89 bits per heavy atom. The van der Waals surface area contributed by atoms with Gasteiger partial charge >= 0.3 is 5.97 Å². The van der Waals surface area contributed by atoms with E-state index in [0.717, 1.165) is 4.90 Å². The van der Waals surface area contributed by atoms with Crippen LogP contribution >= 0.6 is 0 Å². The lowest BCUT2D eigenvalue weighted by Crippen LogP contribution is -2.47. The molecule has 1 fully saturated rings. The van der Waals surface area contributed by atoms with Gasteiger partial charge in [0.1, 0.15) is 11.8 Å².